The Morgan fingerprint density at radius 3 is 2.31 bits per heavy atom. The van der Waals surface area contributed by atoms with Gasteiger partial charge in [0.05, 0.1) is 14.4 Å². The first-order valence-electron chi connectivity index (χ1n) is 7.15. The number of nitrogens with one attached hydrogen (secondary N) is 1. The van der Waals surface area contributed by atoms with E-state index in [1.165, 1.54) is 6.07 Å². The zero-order chi connectivity index (χ0) is 22.2. The maximum Gasteiger partial charge on any atom is 0.328 e. The number of nitrogens with zero attached hydrogens (tertiary/aromatic N) is 1. The zero-order valence-electron chi connectivity index (χ0n) is 13.7. The normalized spacial score (nSPS) is 29.3. The van der Waals surface area contributed by atoms with Gasteiger partial charge in [-0.15, -0.1) is 0 Å². The highest BCUT2D eigenvalue weighted by molar-refractivity contribution is 7.71. The number of H-pyrrole nitrogens is 1. The summed E-state index contributed by atoms with van der Waals surface area (Å²) in [5.41, 5.74) is -0.822. The summed E-state index contributed by atoms with van der Waals surface area (Å²) in [7, 11) is -18.1. The molecule has 1 aromatic rings. The average Bonchev–Trinajstić information content (AvgIpc) is 2.78. The molecule has 0 radical (unpaired) electrons. The first-order chi connectivity index (χ1) is 13.1. The summed E-state index contributed by atoms with van der Waals surface area (Å²) < 4.78 is 49.3. The van der Waals surface area contributed by atoms with Gasteiger partial charge in [-0.3, -0.25) is 23.0 Å². The summed E-state index contributed by atoms with van der Waals surface area (Å²) in [6.07, 6.45) is -5.51. The van der Waals surface area contributed by atoms with Gasteiger partial charge in [0.2, 0.25) is 0 Å². The summed E-state index contributed by atoms with van der Waals surface area (Å²) in [6, 6.07) is 1.26. The molecule has 0 aliphatic carbocycles. The number of phosphoric acid groups is 3. The van der Waals surface area contributed by atoms with Crippen molar-refractivity contribution in [3.05, 3.63) is 27.4 Å². The molecule has 1 saturated heterocycles. The number of aliphatic hydroxyl groups excluding tert-OH is 2. The van der Waals surface area contributed by atoms with Crippen molar-refractivity contribution in [1.29, 1.82) is 0 Å². The van der Waals surface area contributed by atoms with Gasteiger partial charge < -0.3 is 43.6 Å². The van der Waals surface area contributed by atoms with Gasteiger partial charge in [0, 0.05) is 6.20 Å². The second-order valence-electron chi connectivity index (χ2n) is 5.36. The zero-order valence-corrected chi connectivity index (χ0v) is 17.2. The highest BCUT2D eigenvalue weighted by Gasteiger charge is 2.44. The predicted octanol–water partition coefficient (Wildman–Crippen LogP) is -3.66. The Morgan fingerprint density at radius 1 is 1.14 bits per heavy atom. The Labute approximate surface area is 165 Å². The molecular formula is C9H11N2O14P3S-4. The fourth-order valence-corrected chi connectivity index (χ4v) is 5.19. The van der Waals surface area contributed by atoms with E-state index in [9.17, 15) is 48.3 Å². The van der Waals surface area contributed by atoms with Crippen LogP contribution >= 0.6 is 35.7 Å². The number of aromatic nitrogens is 2. The lowest BCUT2D eigenvalue weighted by Crippen LogP contribution is -2.36. The van der Waals surface area contributed by atoms with Gasteiger partial charge in [0.25, 0.3) is 15.6 Å². The number of hydrogen-bond donors (Lipinski definition) is 3. The van der Waals surface area contributed by atoms with E-state index in [2.05, 4.69) is 18.1 Å². The van der Waals surface area contributed by atoms with Crippen molar-refractivity contribution in [2.24, 2.45) is 0 Å². The maximum atomic E-state index is 11.8. The van der Waals surface area contributed by atoms with Crippen LogP contribution < -0.4 is 25.3 Å². The molecule has 2 heterocycles. The Hall–Kier alpha value is -0.610. The molecule has 166 valence electrons. The van der Waals surface area contributed by atoms with Gasteiger partial charge in [-0.25, -0.2) is 9.11 Å². The molecular weight excluding hydrogens is 485 g/mol. The third kappa shape index (κ3) is 6.95. The molecule has 0 aromatic carbocycles. The van der Waals surface area contributed by atoms with Crippen LogP contribution in [-0.4, -0.2) is 44.7 Å². The maximum absolute atomic E-state index is 11.8. The highest BCUT2D eigenvalue weighted by Crippen LogP contribution is 2.60. The highest BCUT2D eigenvalue weighted by atomic mass is 32.1. The second kappa shape index (κ2) is 8.86. The van der Waals surface area contributed by atoms with Crippen LogP contribution in [0.3, 0.4) is 0 Å². The lowest BCUT2D eigenvalue weighted by atomic mass is 10.1. The van der Waals surface area contributed by atoms with Crippen LogP contribution in [0.15, 0.2) is 17.1 Å². The van der Waals surface area contributed by atoms with Crippen molar-refractivity contribution in [3.8, 4) is 0 Å². The fraction of sp³-hybridized carbons (Fsp3) is 0.556. The molecule has 20 heteroatoms. The molecule has 6 unspecified atom stereocenters. The summed E-state index contributed by atoms with van der Waals surface area (Å²) in [6.45, 7) is -1.13. The number of ether oxygens (including phenoxy) is 1. The van der Waals surface area contributed by atoms with Gasteiger partial charge in [-0.05, 0) is 6.07 Å². The minimum absolute atomic E-state index is 0.0635. The Morgan fingerprint density at radius 2 is 1.76 bits per heavy atom. The third-order valence-corrected chi connectivity index (χ3v) is 7.16. The molecule has 16 nitrogen and oxygen atoms in total. The topological polar surface area (TPSA) is 259 Å². The quantitative estimate of drug-likeness (QED) is 0.231. The molecule has 2 rings (SSSR count). The number of hydrogen-bond acceptors (Lipinski definition) is 15. The number of aromatic amines is 1. The lowest BCUT2D eigenvalue weighted by Gasteiger charge is -2.37. The van der Waals surface area contributed by atoms with Crippen LogP contribution in [0, 0.1) is 4.64 Å². The van der Waals surface area contributed by atoms with Crippen molar-refractivity contribution in [2.75, 3.05) is 6.61 Å². The van der Waals surface area contributed by atoms with Crippen LogP contribution in [0.25, 0.3) is 0 Å². The minimum atomic E-state index is -6.15. The summed E-state index contributed by atoms with van der Waals surface area (Å²) in [5, 5.41) is 19.9. The van der Waals surface area contributed by atoms with E-state index in [0.717, 1.165) is 10.8 Å². The number of aliphatic hydroxyl groups is 2. The summed E-state index contributed by atoms with van der Waals surface area (Å²) >= 11 is 4.73. The van der Waals surface area contributed by atoms with Gasteiger partial charge in [-0.2, -0.15) is 0 Å². The van der Waals surface area contributed by atoms with Gasteiger partial charge >= 0.3 is 5.69 Å². The molecule has 0 amide bonds. The lowest BCUT2D eigenvalue weighted by molar-refractivity contribution is -0.339. The predicted molar refractivity (Wildman–Crippen MR) is 82.8 cm³/mol. The molecule has 1 aliphatic heterocycles. The Balaban J connectivity index is 2.06. The van der Waals surface area contributed by atoms with Crippen molar-refractivity contribution in [1.82, 2.24) is 9.55 Å². The van der Waals surface area contributed by atoms with E-state index < -0.39 is 60.3 Å². The van der Waals surface area contributed by atoms with Gasteiger partial charge in [0.1, 0.15) is 23.0 Å². The SMILES string of the molecule is O=c1[nH]c(=S)ccn1C1OC(COP(=O)([O-])OP(=O)([O-])OP(=O)([O-])[O-])C(O)C1O. The Kier molecular flexibility index (Phi) is 7.54. The molecule has 0 bridgehead atoms. The molecule has 6 atom stereocenters. The molecule has 1 aromatic heterocycles. The molecule has 0 spiro atoms. The van der Waals surface area contributed by atoms with Crippen LogP contribution in [0.1, 0.15) is 6.23 Å². The van der Waals surface area contributed by atoms with Crippen LogP contribution in [0.2, 0.25) is 0 Å². The first kappa shape index (κ1) is 24.7. The molecule has 3 N–H and O–H groups in total. The largest absolute Gasteiger partial charge is 0.790 e. The molecule has 29 heavy (non-hydrogen) atoms. The average molecular weight is 496 g/mol. The van der Waals surface area contributed by atoms with Gasteiger partial charge in [0.15, 0.2) is 6.23 Å². The second-order valence-corrected chi connectivity index (χ2v) is 10.1. The first-order valence-corrected chi connectivity index (χ1v) is 11.9. The monoisotopic (exact) mass is 496 g/mol. The Bertz CT molecular complexity index is 1000. The van der Waals surface area contributed by atoms with Crippen molar-refractivity contribution >= 4 is 35.7 Å². The molecule has 1 aliphatic rings. The van der Waals surface area contributed by atoms with Crippen LogP contribution in [-0.2, 0) is 31.6 Å². The van der Waals surface area contributed by atoms with E-state index in [0.29, 0.717) is 0 Å². The van der Waals surface area contributed by atoms with E-state index in [4.69, 9.17) is 17.0 Å². The number of rotatable bonds is 8. The van der Waals surface area contributed by atoms with Crippen molar-refractivity contribution < 1.29 is 61.4 Å². The van der Waals surface area contributed by atoms with Crippen molar-refractivity contribution in [2.45, 2.75) is 24.5 Å². The third-order valence-electron chi connectivity index (χ3n) is 3.26. The smallest absolute Gasteiger partial charge is 0.328 e. The molecule has 0 saturated carbocycles. The molecule has 1 fully saturated rings. The van der Waals surface area contributed by atoms with Gasteiger partial charge in [-0.1, -0.05) is 12.2 Å². The van der Waals surface area contributed by atoms with E-state index >= 15 is 0 Å². The standard InChI is InChI=1S/C9H15N2O14P3S/c12-6-4(3-22-27(18,19)25-28(20,21)24-26(15,16)17)23-8(7(6)13)11-2-1-5(29)10-9(11)14/h1-2,4,6-8,12-13H,3H2,(H,18,19)(H,20,21)(H,10,14,29)(H2,15,16,17)/p-4. The fourth-order valence-electron chi connectivity index (χ4n) is 2.17. The summed E-state index contributed by atoms with van der Waals surface area (Å²) in [5.74, 6) is 0. The van der Waals surface area contributed by atoms with Crippen molar-refractivity contribution in [3.63, 3.8) is 0 Å². The summed E-state index contributed by atoms with van der Waals surface area (Å²) in [4.78, 5) is 57.1. The van der Waals surface area contributed by atoms with E-state index in [-0.39, 0.29) is 4.64 Å². The van der Waals surface area contributed by atoms with E-state index in [1.54, 1.807) is 0 Å². The van der Waals surface area contributed by atoms with E-state index in [1.807, 2.05) is 0 Å². The van der Waals surface area contributed by atoms with Crippen LogP contribution in [0.4, 0.5) is 0 Å². The number of phosphoric ester groups is 1. The minimum Gasteiger partial charge on any atom is -0.790 e. The van der Waals surface area contributed by atoms with Crippen LogP contribution in [0.5, 0.6) is 0 Å².